The van der Waals surface area contributed by atoms with Crippen LogP contribution in [0.3, 0.4) is 0 Å². The van der Waals surface area contributed by atoms with E-state index in [4.69, 9.17) is 16.6 Å². The first kappa shape index (κ1) is 15.3. The maximum Gasteiger partial charge on any atom is 0.328 e. The van der Waals surface area contributed by atoms with Crippen LogP contribution in [0, 0.1) is 0 Å². The van der Waals surface area contributed by atoms with Gasteiger partial charge in [0.15, 0.2) is 4.67 Å². The molecule has 2 heterocycles. The lowest BCUT2D eigenvalue weighted by Gasteiger charge is -2.20. The molecule has 20 heavy (non-hydrogen) atoms. The normalized spacial score (nSPS) is 18.8. The summed E-state index contributed by atoms with van der Waals surface area (Å²) in [7, 11) is 1.27. The molecule has 8 heteroatoms. The highest BCUT2D eigenvalue weighted by molar-refractivity contribution is 9.10. The van der Waals surface area contributed by atoms with Gasteiger partial charge in [-0.3, -0.25) is 9.69 Å². The Balaban J connectivity index is 2.25. The van der Waals surface area contributed by atoms with Gasteiger partial charge in [-0.1, -0.05) is 24.0 Å². The Morgan fingerprint density at radius 2 is 2.30 bits per heavy atom. The molecule has 0 aliphatic carbocycles. The molecule has 0 bridgehead atoms. The predicted molar refractivity (Wildman–Crippen MR) is 82.9 cm³/mol. The Hall–Kier alpha value is -1.12. The maximum absolute atomic E-state index is 12.3. The number of methoxy groups -OCH3 is 1. The number of esters is 1. The average molecular weight is 376 g/mol. The molecule has 0 aromatic carbocycles. The first-order valence-corrected chi connectivity index (χ1v) is 7.56. The van der Waals surface area contributed by atoms with Crippen molar-refractivity contribution in [3.63, 3.8) is 0 Å². The van der Waals surface area contributed by atoms with Gasteiger partial charge in [-0.2, -0.15) is 0 Å². The second-order valence-electron chi connectivity index (χ2n) is 3.89. The first-order chi connectivity index (χ1) is 9.43. The van der Waals surface area contributed by atoms with E-state index in [0.29, 0.717) is 19.7 Å². The summed E-state index contributed by atoms with van der Waals surface area (Å²) < 4.78 is 10.8. The van der Waals surface area contributed by atoms with E-state index in [1.54, 1.807) is 25.1 Å². The van der Waals surface area contributed by atoms with Crippen LogP contribution in [-0.2, 0) is 14.3 Å². The second kappa shape index (κ2) is 6.11. The molecule has 1 aliphatic rings. The molecule has 0 saturated carbocycles. The summed E-state index contributed by atoms with van der Waals surface area (Å²) in [4.78, 5) is 25.5. The average Bonchev–Trinajstić information content (AvgIpc) is 2.93. The van der Waals surface area contributed by atoms with Crippen molar-refractivity contribution in [2.24, 2.45) is 0 Å². The fraction of sp³-hybridized carbons (Fsp3) is 0.250. The number of thioether (sulfide) groups is 1. The van der Waals surface area contributed by atoms with E-state index in [2.05, 4.69) is 20.7 Å². The molecule has 106 valence electrons. The molecular weight excluding hydrogens is 366 g/mol. The van der Waals surface area contributed by atoms with Crippen molar-refractivity contribution in [1.82, 2.24) is 4.90 Å². The van der Waals surface area contributed by atoms with Gasteiger partial charge in [0.25, 0.3) is 5.91 Å². The molecular formula is C12H10BrNO4S2. The van der Waals surface area contributed by atoms with E-state index in [9.17, 15) is 9.59 Å². The van der Waals surface area contributed by atoms with Crippen molar-refractivity contribution in [1.29, 1.82) is 0 Å². The Morgan fingerprint density at radius 1 is 1.60 bits per heavy atom. The van der Waals surface area contributed by atoms with Gasteiger partial charge < -0.3 is 9.15 Å². The molecule has 0 spiro atoms. The highest BCUT2D eigenvalue weighted by Crippen LogP contribution is 2.34. The second-order valence-corrected chi connectivity index (χ2v) is 6.35. The molecule has 0 N–H and O–H groups in total. The third-order valence-corrected chi connectivity index (χ3v) is 4.38. The van der Waals surface area contributed by atoms with Crippen molar-refractivity contribution in [2.45, 2.75) is 13.0 Å². The summed E-state index contributed by atoms with van der Waals surface area (Å²) in [5.74, 6) is -0.309. The number of hydrogen-bond acceptors (Lipinski definition) is 6. The SMILES string of the molecule is COC(=O)C(C)N1C(=O)/C(=C/c2ccc(Br)o2)SC1=S. The van der Waals surface area contributed by atoms with Crippen LogP contribution >= 0.6 is 39.9 Å². The minimum atomic E-state index is -0.748. The van der Waals surface area contributed by atoms with Crippen LogP contribution in [0.4, 0.5) is 0 Å². The van der Waals surface area contributed by atoms with E-state index in [0.717, 1.165) is 11.8 Å². The van der Waals surface area contributed by atoms with Crippen LogP contribution in [0.5, 0.6) is 0 Å². The Kier molecular flexibility index (Phi) is 4.66. The van der Waals surface area contributed by atoms with Gasteiger partial charge >= 0.3 is 5.97 Å². The summed E-state index contributed by atoms with van der Waals surface area (Å²) in [5, 5.41) is 0. The zero-order valence-corrected chi connectivity index (χ0v) is 13.8. The van der Waals surface area contributed by atoms with Crippen molar-refractivity contribution in [3.8, 4) is 0 Å². The summed E-state index contributed by atoms with van der Waals surface area (Å²) in [5.41, 5.74) is 0. The van der Waals surface area contributed by atoms with Crippen LogP contribution in [-0.4, -0.2) is 34.2 Å². The number of thiocarbonyl (C=S) groups is 1. The lowest BCUT2D eigenvalue weighted by molar-refractivity contribution is -0.147. The maximum atomic E-state index is 12.3. The number of halogens is 1. The first-order valence-electron chi connectivity index (χ1n) is 5.54. The van der Waals surface area contributed by atoms with Gasteiger partial charge in [0, 0.05) is 6.08 Å². The van der Waals surface area contributed by atoms with Crippen LogP contribution in [0.25, 0.3) is 6.08 Å². The zero-order chi connectivity index (χ0) is 14.9. The fourth-order valence-electron chi connectivity index (χ4n) is 1.62. The van der Waals surface area contributed by atoms with Crippen molar-refractivity contribution < 1.29 is 18.7 Å². The smallest absolute Gasteiger partial charge is 0.328 e. The molecule has 1 aliphatic heterocycles. The van der Waals surface area contributed by atoms with Crippen LogP contribution < -0.4 is 0 Å². The predicted octanol–water partition coefficient (Wildman–Crippen LogP) is 2.80. The van der Waals surface area contributed by atoms with Crippen LogP contribution in [0.1, 0.15) is 12.7 Å². The van der Waals surface area contributed by atoms with Gasteiger partial charge in [-0.25, -0.2) is 4.79 Å². The zero-order valence-electron chi connectivity index (χ0n) is 10.6. The fourth-order valence-corrected chi connectivity index (χ4v) is 3.34. The van der Waals surface area contributed by atoms with E-state index >= 15 is 0 Å². The molecule has 2 rings (SSSR count). The number of nitrogens with zero attached hydrogens (tertiary/aromatic N) is 1. The molecule has 1 aromatic heterocycles. The Morgan fingerprint density at radius 3 is 2.85 bits per heavy atom. The molecule has 1 aromatic rings. The largest absolute Gasteiger partial charge is 0.467 e. The summed E-state index contributed by atoms with van der Waals surface area (Å²) in [6, 6.07) is 2.70. The topological polar surface area (TPSA) is 59.8 Å². The number of furan rings is 1. The van der Waals surface area contributed by atoms with E-state index in [-0.39, 0.29) is 5.91 Å². The lowest BCUT2D eigenvalue weighted by Crippen LogP contribution is -2.42. The molecule has 1 unspecified atom stereocenters. The van der Waals surface area contributed by atoms with Gasteiger partial charge in [0.2, 0.25) is 0 Å². The standard InChI is InChI=1S/C12H10BrNO4S2/c1-6(11(16)17-2)14-10(15)8(20-12(14)19)5-7-3-4-9(13)18-7/h3-6H,1-2H3/b8-5-. The van der Waals surface area contributed by atoms with Gasteiger partial charge in [-0.15, -0.1) is 0 Å². The number of rotatable bonds is 3. The molecule has 1 fully saturated rings. The van der Waals surface area contributed by atoms with Crippen LogP contribution in [0.2, 0.25) is 0 Å². The van der Waals surface area contributed by atoms with E-state index in [1.807, 2.05) is 0 Å². The number of carbonyl (C=O) groups excluding carboxylic acids is 2. The molecule has 1 amide bonds. The quantitative estimate of drug-likeness (QED) is 0.459. The highest BCUT2D eigenvalue weighted by Gasteiger charge is 2.38. The molecule has 1 saturated heterocycles. The van der Waals surface area contributed by atoms with Crippen molar-refractivity contribution in [3.05, 3.63) is 27.5 Å². The van der Waals surface area contributed by atoms with Gasteiger partial charge in [-0.05, 0) is 35.0 Å². The van der Waals surface area contributed by atoms with E-state index < -0.39 is 12.0 Å². The van der Waals surface area contributed by atoms with E-state index in [1.165, 1.54) is 12.0 Å². The molecule has 0 radical (unpaired) electrons. The Labute approximate surface area is 133 Å². The Bertz CT molecular complexity index is 610. The van der Waals surface area contributed by atoms with Crippen LogP contribution in [0.15, 0.2) is 26.1 Å². The summed E-state index contributed by atoms with van der Waals surface area (Å²) in [6.45, 7) is 1.57. The summed E-state index contributed by atoms with van der Waals surface area (Å²) in [6.07, 6.45) is 1.59. The number of amides is 1. The highest BCUT2D eigenvalue weighted by atomic mass is 79.9. The molecule has 1 atom stereocenters. The van der Waals surface area contributed by atoms with Gasteiger partial charge in [0.1, 0.15) is 16.1 Å². The summed E-state index contributed by atoms with van der Waals surface area (Å²) >= 11 is 9.45. The number of ether oxygens (including phenoxy) is 1. The van der Waals surface area contributed by atoms with Crippen molar-refractivity contribution in [2.75, 3.05) is 7.11 Å². The minimum absolute atomic E-state index is 0.324. The van der Waals surface area contributed by atoms with Gasteiger partial charge in [0.05, 0.1) is 12.0 Å². The number of hydrogen-bond donors (Lipinski definition) is 0. The number of carbonyl (C=O) groups is 2. The van der Waals surface area contributed by atoms with Crippen molar-refractivity contribution >= 4 is 62.2 Å². The monoisotopic (exact) mass is 375 g/mol. The third kappa shape index (κ3) is 2.97. The molecule has 5 nitrogen and oxygen atoms in total. The third-order valence-electron chi connectivity index (χ3n) is 2.62. The lowest BCUT2D eigenvalue weighted by atomic mass is 10.3. The minimum Gasteiger partial charge on any atom is -0.467 e.